The molecule has 0 saturated carbocycles. The van der Waals surface area contributed by atoms with Gasteiger partial charge in [-0.25, -0.2) is 4.99 Å². The number of piperidine rings is 1. The molecule has 1 aromatic rings. The summed E-state index contributed by atoms with van der Waals surface area (Å²) in [6, 6.07) is 0. The first-order chi connectivity index (χ1) is 9.36. The predicted molar refractivity (Wildman–Crippen MR) is 99.3 cm³/mol. The van der Waals surface area contributed by atoms with Gasteiger partial charge in [-0.2, -0.15) is 0 Å². The highest BCUT2D eigenvalue weighted by molar-refractivity contribution is 14.0. The van der Waals surface area contributed by atoms with Gasteiger partial charge in [-0.1, -0.05) is 39.0 Å². The van der Waals surface area contributed by atoms with Gasteiger partial charge in [-0.05, 0) is 18.8 Å². The van der Waals surface area contributed by atoms with Crippen molar-refractivity contribution in [2.45, 2.75) is 52.5 Å². The number of nitrogens with zero attached hydrogens (tertiary/aromatic N) is 4. The molecule has 120 valence electrons. The van der Waals surface area contributed by atoms with E-state index in [-0.39, 0.29) is 29.4 Å². The van der Waals surface area contributed by atoms with Crippen molar-refractivity contribution in [3.63, 3.8) is 0 Å². The fraction of sp³-hybridized carbons (Fsp3) is 0.786. The average Bonchev–Trinajstić information content (AvgIpc) is 2.84. The van der Waals surface area contributed by atoms with Crippen LogP contribution < -0.4 is 5.73 Å². The summed E-state index contributed by atoms with van der Waals surface area (Å²) in [6.45, 7) is 11.3. The molecule has 7 heteroatoms. The van der Waals surface area contributed by atoms with Crippen molar-refractivity contribution in [1.29, 1.82) is 0 Å². The van der Waals surface area contributed by atoms with Gasteiger partial charge in [-0.3, -0.25) is 0 Å². The van der Waals surface area contributed by atoms with Crippen LogP contribution in [0.5, 0.6) is 0 Å². The molecule has 1 aromatic heterocycles. The molecule has 2 rings (SSSR count). The molecular formula is C14H26IN5S. The third kappa shape index (κ3) is 5.36. The quantitative estimate of drug-likeness (QED) is 0.451. The van der Waals surface area contributed by atoms with Gasteiger partial charge in [0.2, 0.25) is 0 Å². The van der Waals surface area contributed by atoms with Crippen LogP contribution in [-0.2, 0) is 12.0 Å². The summed E-state index contributed by atoms with van der Waals surface area (Å²) in [5.74, 6) is 1.34. The number of halogens is 1. The second kappa shape index (κ2) is 7.71. The van der Waals surface area contributed by atoms with Crippen LogP contribution in [0.15, 0.2) is 4.99 Å². The summed E-state index contributed by atoms with van der Waals surface area (Å²) in [4.78, 5) is 6.66. The van der Waals surface area contributed by atoms with E-state index in [1.807, 2.05) is 0 Å². The number of aromatic nitrogens is 2. The number of guanidine groups is 1. The lowest BCUT2D eigenvalue weighted by atomic mass is 9.98. The summed E-state index contributed by atoms with van der Waals surface area (Å²) in [6.07, 6.45) is 2.49. The number of rotatable bonds is 2. The minimum Gasteiger partial charge on any atom is -0.370 e. The smallest absolute Gasteiger partial charge is 0.191 e. The van der Waals surface area contributed by atoms with E-state index in [2.05, 4.69) is 47.8 Å². The van der Waals surface area contributed by atoms with Crippen molar-refractivity contribution in [2.75, 3.05) is 13.1 Å². The maximum atomic E-state index is 6.08. The highest BCUT2D eigenvalue weighted by Crippen LogP contribution is 2.25. The summed E-state index contributed by atoms with van der Waals surface area (Å²) in [5, 5.41) is 10.4. The number of aliphatic imine (C=N–C) groups is 1. The summed E-state index contributed by atoms with van der Waals surface area (Å²) < 4.78 is 0. The van der Waals surface area contributed by atoms with Gasteiger partial charge < -0.3 is 10.6 Å². The van der Waals surface area contributed by atoms with Gasteiger partial charge in [0, 0.05) is 18.5 Å². The minimum atomic E-state index is 0. The Kier molecular flexibility index (Phi) is 6.83. The van der Waals surface area contributed by atoms with E-state index >= 15 is 0 Å². The Morgan fingerprint density at radius 2 is 2.14 bits per heavy atom. The molecule has 2 heterocycles. The molecule has 0 bridgehead atoms. The van der Waals surface area contributed by atoms with Crippen molar-refractivity contribution in [3.8, 4) is 0 Å². The van der Waals surface area contributed by atoms with Gasteiger partial charge in [0.1, 0.15) is 10.0 Å². The lowest BCUT2D eigenvalue weighted by Crippen LogP contribution is -2.43. The molecule has 0 radical (unpaired) electrons. The minimum absolute atomic E-state index is 0. The maximum Gasteiger partial charge on any atom is 0.191 e. The lowest BCUT2D eigenvalue weighted by molar-refractivity contribution is 0.270. The Morgan fingerprint density at radius 1 is 1.43 bits per heavy atom. The molecule has 1 unspecified atom stereocenters. The fourth-order valence-corrected chi connectivity index (χ4v) is 3.09. The molecule has 0 amide bonds. The summed E-state index contributed by atoms with van der Waals surface area (Å²) in [5.41, 5.74) is 6.13. The van der Waals surface area contributed by atoms with E-state index in [9.17, 15) is 0 Å². The van der Waals surface area contributed by atoms with Crippen molar-refractivity contribution in [3.05, 3.63) is 10.0 Å². The Labute approximate surface area is 148 Å². The third-order valence-electron chi connectivity index (χ3n) is 3.47. The van der Waals surface area contributed by atoms with Crippen LogP contribution in [0, 0.1) is 5.92 Å². The van der Waals surface area contributed by atoms with E-state index in [4.69, 9.17) is 5.73 Å². The molecule has 1 fully saturated rings. The van der Waals surface area contributed by atoms with Gasteiger partial charge in [0.05, 0.1) is 6.54 Å². The van der Waals surface area contributed by atoms with E-state index < -0.39 is 0 Å². The number of nitrogens with two attached hydrogens (primary N) is 1. The molecular weight excluding hydrogens is 397 g/mol. The Bertz CT molecular complexity index is 480. The number of hydrogen-bond donors (Lipinski definition) is 1. The molecule has 1 saturated heterocycles. The summed E-state index contributed by atoms with van der Waals surface area (Å²) >= 11 is 1.63. The molecule has 0 aliphatic carbocycles. The Balaban J connectivity index is 0.00000220. The van der Waals surface area contributed by atoms with Crippen LogP contribution >= 0.6 is 35.3 Å². The number of hydrogen-bond acceptors (Lipinski definition) is 4. The molecule has 1 atom stereocenters. The van der Waals surface area contributed by atoms with Crippen LogP contribution in [0.1, 0.15) is 50.6 Å². The van der Waals surface area contributed by atoms with E-state index in [0.29, 0.717) is 18.4 Å². The molecule has 0 spiro atoms. The average molecular weight is 423 g/mol. The molecule has 21 heavy (non-hydrogen) atoms. The highest BCUT2D eigenvalue weighted by atomic mass is 127. The second-order valence-electron chi connectivity index (χ2n) is 6.62. The first kappa shape index (κ1) is 18.6. The fourth-order valence-electron chi connectivity index (χ4n) is 2.27. The zero-order chi connectivity index (χ0) is 14.8. The standard InChI is InChI=1S/C14H25N5S.HI/c1-10-6-5-7-19(9-10)13(15)16-8-11-17-18-12(20-11)14(2,3)4;/h10H,5-9H2,1-4H3,(H2,15,16);1H. The van der Waals surface area contributed by atoms with Crippen molar-refractivity contribution < 1.29 is 0 Å². The third-order valence-corrected chi connectivity index (χ3v) is 4.80. The van der Waals surface area contributed by atoms with Gasteiger partial charge in [0.25, 0.3) is 0 Å². The number of likely N-dealkylation sites (tertiary alicyclic amines) is 1. The van der Waals surface area contributed by atoms with Crippen LogP contribution in [-0.4, -0.2) is 34.1 Å². The maximum absolute atomic E-state index is 6.08. The predicted octanol–water partition coefficient (Wildman–Crippen LogP) is 3.00. The second-order valence-corrected chi connectivity index (χ2v) is 7.68. The Morgan fingerprint density at radius 3 is 2.71 bits per heavy atom. The van der Waals surface area contributed by atoms with Gasteiger partial charge in [0.15, 0.2) is 5.96 Å². The first-order valence-electron chi connectivity index (χ1n) is 7.24. The molecule has 2 N–H and O–H groups in total. The van der Waals surface area contributed by atoms with Crippen LogP contribution in [0.25, 0.3) is 0 Å². The monoisotopic (exact) mass is 423 g/mol. The van der Waals surface area contributed by atoms with Crippen LogP contribution in [0.2, 0.25) is 0 Å². The molecule has 1 aliphatic rings. The highest BCUT2D eigenvalue weighted by Gasteiger charge is 2.20. The van der Waals surface area contributed by atoms with Crippen molar-refractivity contribution in [1.82, 2.24) is 15.1 Å². The zero-order valence-corrected chi connectivity index (χ0v) is 16.4. The van der Waals surface area contributed by atoms with E-state index in [0.717, 1.165) is 23.1 Å². The Hall–Kier alpha value is -0.440. The lowest BCUT2D eigenvalue weighted by Gasteiger charge is -2.31. The van der Waals surface area contributed by atoms with Crippen LogP contribution in [0.4, 0.5) is 0 Å². The first-order valence-corrected chi connectivity index (χ1v) is 8.05. The molecule has 0 aromatic carbocycles. The van der Waals surface area contributed by atoms with E-state index in [1.54, 1.807) is 11.3 Å². The van der Waals surface area contributed by atoms with Gasteiger partial charge in [-0.15, -0.1) is 34.2 Å². The van der Waals surface area contributed by atoms with Crippen molar-refractivity contribution >= 4 is 41.3 Å². The normalized spacial score (nSPS) is 20.3. The SMILES string of the molecule is CC1CCCN(C(N)=NCc2nnc(C(C)(C)C)s2)C1.I. The largest absolute Gasteiger partial charge is 0.370 e. The molecule has 1 aliphatic heterocycles. The van der Waals surface area contributed by atoms with Gasteiger partial charge >= 0.3 is 0 Å². The molecule has 5 nitrogen and oxygen atoms in total. The topological polar surface area (TPSA) is 67.4 Å². The van der Waals surface area contributed by atoms with Crippen LogP contribution in [0.3, 0.4) is 0 Å². The van der Waals surface area contributed by atoms with Crippen molar-refractivity contribution in [2.24, 2.45) is 16.6 Å². The van der Waals surface area contributed by atoms with E-state index in [1.165, 1.54) is 12.8 Å². The summed E-state index contributed by atoms with van der Waals surface area (Å²) in [7, 11) is 0. The zero-order valence-electron chi connectivity index (χ0n) is 13.3.